The van der Waals surface area contributed by atoms with Gasteiger partial charge in [-0.2, -0.15) is 0 Å². The molecule has 2 heterocycles. The van der Waals surface area contributed by atoms with Crippen molar-refractivity contribution >= 4 is 28.2 Å². The van der Waals surface area contributed by atoms with Gasteiger partial charge in [-0.1, -0.05) is 30.6 Å². The Bertz CT molecular complexity index is 450. The van der Waals surface area contributed by atoms with Crippen LogP contribution in [0.3, 0.4) is 0 Å². The van der Waals surface area contributed by atoms with Crippen molar-refractivity contribution in [2.24, 2.45) is 0 Å². The van der Waals surface area contributed by atoms with Crippen LogP contribution >= 0.6 is 11.3 Å². The highest BCUT2D eigenvalue weighted by Crippen LogP contribution is 2.27. The standard InChI is InChI=1S/C14H24N4OS/c1-10(2)16-14-17-12(15)11(20-14)13(19)18-8-6-4-3-5-7-9-18/h10H,3-9,15H2,1-2H3,(H,16,17). The smallest absolute Gasteiger partial charge is 0.267 e. The lowest BCUT2D eigenvalue weighted by Crippen LogP contribution is -2.33. The molecule has 6 heteroatoms. The number of carbonyl (C=O) groups is 1. The fourth-order valence-corrected chi connectivity index (χ4v) is 3.39. The zero-order valence-electron chi connectivity index (χ0n) is 12.3. The van der Waals surface area contributed by atoms with Crippen molar-refractivity contribution in [1.82, 2.24) is 9.88 Å². The molecule has 3 N–H and O–H groups in total. The topological polar surface area (TPSA) is 71.2 Å². The van der Waals surface area contributed by atoms with E-state index in [2.05, 4.69) is 10.3 Å². The third kappa shape index (κ3) is 3.85. The number of nitrogens with one attached hydrogen (secondary N) is 1. The van der Waals surface area contributed by atoms with Crippen molar-refractivity contribution < 1.29 is 4.79 Å². The van der Waals surface area contributed by atoms with Crippen LogP contribution in [0.25, 0.3) is 0 Å². The number of nitrogens with zero attached hydrogens (tertiary/aromatic N) is 2. The quantitative estimate of drug-likeness (QED) is 0.899. The number of nitrogen functional groups attached to an aromatic ring is 1. The Morgan fingerprint density at radius 3 is 2.45 bits per heavy atom. The fourth-order valence-electron chi connectivity index (χ4n) is 2.39. The molecule has 1 aliphatic rings. The number of amides is 1. The molecule has 5 nitrogen and oxygen atoms in total. The number of hydrogen-bond acceptors (Lipinski definition) is 5. The molecule has 0 unspecified atom stereocenters. The number of likely N-dealkylation sites (tertiary alicyclic amines) is 1. The highest BCUT2D eigenvalue weighted by Gasteiger charge is 2.22. The van der Waals surface area contributed by atoms with E-state index in [4.69, 9.17) is 5.73 Å². The molecule has 0 bridgehead atoms. The van der Waals surface area contributed by atoms with Gasteiger partial charge in [0.25, 0.3) is 5.91 Å². The lowest BCUT2D eigenvalue weighted by molar-refractivity contribution is 0.0748. The lowest BCUT2D eigenvalue weighted by Gasteiger charge is -2.24. The summed E-state index contributed by atoms with van der Waals surface area (Å²) in [6.07, 6.45) is 5.88. The van der Waals surface area contributed by atoms with E-state index in [-0.39, 0.29) is 11.9 Å². The van der Waals surface area contributed by atoms with Crippen molar-refractivity contribution in [2.75, 3.05) is 24.1 Å². The summed E-state index contributed by atoms with van der Waals surface area (Å²) in [4.78, 5) is 19.3. The second-order valence-electron chi connectivity index (χ2n) is 5.59. The molecule has 1 saturated heterocycles. The minimum absolute atomic E-state index is 0.0405. The molecule has 0 radical (unpaired) electrons. The van der Waals surface area contributed by atoms with Gasteiger partial charge in [-0.05, 0) is 26.7 Å². The van der Waals surface area contributed by atoms with Gasteiger partial charge < -0.3 is 16.0 Å². The number of nitrogens with two attached hydrogens (primary N) is 1. The molecule has 2 rings (SSSR count). The van der Waals surface area contributed by atoms with Crippen LogP contribution in [-0.2, 0) is 0 Å². The molecule has 0 atom stereocenters. The maximum atomic E-state index is 12.6. The molecule has 1 amide bonds. The van der Waals surface area contributed by atoms with Crippen LogP contribution in [0.2, 0.25) is 0 Å². The first-order valence-corrected chi connectivity index (χ1v) is 8.21. The Hall–Kier alpha value is -1.30. The van der Waals surface area contributed by atoms with Gasteiger partial charge in [0.15, 0.2) is 5.13 Å². The number of rotatable bonds is 3. The summed E-state index contributed by atoms with van der Waals surface area (Å²) in [6.45, 7) is 5.75. The predicted octanol–water partition coefficient (Wildman–Crippen LogP) is 2.95. The summed E-state index contributed by atoms with van der Waals surface area (Å²) in [7, 11) is 0. The summed E-state index contributed by atoms with van der Waals surface area (Å²) >= 11 is 1.36. The average molecular weight is 296 g/mol. The minimum atomic E-state index is 0.0405. The van der Waals surface area contributed by atoms with E-state index in [1.807, 2.05) is 18.7 Å². The Labute approximate surface area is 124 Å². The van der Waals surface area contributed by atoms with E-state index in [1.165, 1.54) is 30.6 Å². The van der Waals surface area contributed by atoms with Crippen molar-refractivity contribution in [3.8, 4) is 0 Å². The Morgan fingerprint density at radius 1 is 1.25 bits per heavy atom. The van der Waals surface area contributed by atoms with Gasteiger partial charge in [0.05, 0.1) is 0 Å². The SMILES string of the molecule is CC(C)Nc1nc(N)c(C(=O)N2CCCCCCC2)s1. The van der Waals surface area contributed by atoms with Crippen molar-refractivity contribution in [2.45, 2.75) is 52.0 Å². The molecule has 0 saturated carbocycles. The molecule has 0 aromatic carbocycles. The van der Waals surface area contributed by atoms with E-state index >= 15 is 0 Å². The zero-order chi connectivity index (χ0) is 14.5. The molecule has 1 aliphatic heterocycles. The highest BCUT2D eigenvalue weighted by molar-refractivity contribution is 7.18. The minimum Gasteiger partial charge on any atom is -0.382 e. The largest absolute Gasteiger partial charge is 0.382 e. The summed E-state index contributed by atoms with van der Waals surface area (Å²) < 4.78 is 0. The summed E-state index contributed by atoms with van der Waals surface area (Å²) in [5.74, 6) is 0.393. The van der Waals surface area contributed by atoms with Crippen LogP contribution < -0.4 is 11.1 Å². The predicted molar refractivity (Wildman–Crippen MR) is 84.3 cm³/mol. The first-order valence-electron chi connectivity index (χ1n) is 7.40. The number of carbonyl (C=O) groups excluding carboxylic acids is 1. The second-order valence-corrected chi connectivity index (χ2v) is 6.59. The van der Waals surface area contributed by atoms with Gasteiger partial charge in [0, 0.05) is 19.1 Å². The van der Waals surface area contributed by atoms with Crippen molar-refractivity contribution in [1.29, 1.82) is 0 Å². The van der Waals surface area contributed by atoms with Crippen LogP contribution in [0.15, 0.2) is 0 Å². The van der Waals surface area contributed by atoms with Gasteiger partial charge in [0.1, 0.15) is 10.7 Å². The third-order valence-electron chi connectivity index (χ3n) is 3.40. The van der Waals surface area contributed by atoms with E-state index in [1.54, 1.807) is 0 Å². The maximum Gasteiger partial charge on any atom is 0.267 e. The average Bonchev–Trinajstić information content (AvgIpc) is 2.68. The van der Waals surface area contributed by atoms with Gasteiger partial charge in [-0.25, -0.2) is 4.98 Å². The first-order chi connectivity index (χ1) is 9.58. The Morgan fingerprint density at radius 2 is 1.85 bits per heavy atom. The summed E-state index contributed by atoms with van der Waals surface area (Å²) in [5.41, 5.74) is 5.91. The van der Waals surface area contributed by atoms with E-state index < -0.39 is 0 Å². The van der Waals surface area contributed by atoms with Gasteiger partial charge in [-0.3, -0.25) is 4.79 Å². The second kappa shape index (κ2) is 6.92. The number of thiazole rings is 1. The molecule has 1 fully saturated rings. The molecular formula is C14H24N4OS. The molecule has 0 aliphatic carbocycles. The van der Waals surface area contributed by atoms with Crippen LogP contribution in [0, 0.1) is 0 Å². The van der Waals surface area contributed by atoms with Gasteiger partial charge >= 0.3 is 0 Å². The Kier molecular flexibility index (Phi) is 5.23. The van der Waals surface area contributed by atoms with Crippen molar-refractivity contribution in [3.05, 3.63) is 4.88 Å². The fraction of sp³-hybridized carbons (Fsp3) is 0.714. The molecular weight excluding hydrogens is 272 g/mol. The number of aromatic nitrogens is 1. The molecule has 1 aromatic rings. The highest BCUT2D eigenvalue weighted by atomic mass is 32.1. The summed E-state index contributed by atoms with van der Waals surface area (Å²) in [6, 6.07) is 0.283. The normalized spacial score (nSPS) is 16.9. The van der Waals surface area contributed by atoms with Gasteiger partial charge in [0.2, 0.25) is 0 Å². The Balaban J connectivity index is 2.08. The lowest BCUT2D eigenvalue weighted by atomic mass is 10.1. The maximum absolute atomic E-state index is 12.6. The molecule has 1 aromatic heterocycles. The van der Waals surface area contributed by atoms with Crippen LogP contribution in [0.1, 0.15) is 55.6 Å². The van der Waals surface area contributed by atoms with E-state index in [9.17, 15) is 4.79 Å². The monoisotopic (exact) mass is 296 g/mol. The van der Waals surface area contributed by atoms with Crippen molar-refractivity contribution in [3.63, 3.8) is 0 Å². The zero-order valence-corrected chi connectivity index (χ0v) is 13.1. The van der Waals surface area contributed by atoms with Crippen LogP contribution in [-0.4, -0.2) is 34.9 Å². The molecule has 20 heavy (non-hydrogen) atoms. The number of hydrogen-bond donors (Lipinski definition) is 2. The molecule has 0 spiro atoms. The van der Waals surface area contributed by atoms with E-state index in [0.717, 1.165) is 31.1 Å². The van der Waals surface area contributed by atoms with E-state index in [0.29, 0.717) is 10.7 Å². The van der Waals surface area contributed by atoms with Crippen LogP contribution in [0.5, 0.6) is 0 Å². The van der Waals surface area contributed by atoms with Gasteiger partial charge in [-0.15, -0.1) is 0 Å². The molecule has 112 valence electrons. The first kappa shape index (κ1) is 15.1. The van der Waals surface area contributed by atoms with Crippen LogP contribution in [0.4, 0.5) is 10.9 Å². The third-order valence-corrected chi connectivity index (χ3v) is 4.39. The summed E-state index contributed by atoms with van der Waals surface area (Å²) in [5, 5.41) is 3.93. The number of anilines is 2.